The highest BCUT2D eigenvalue weighted by Gasteiger charge is 2.26. The number of amides is 3. The van der Waals surface area contributed by atoms with Crippen molar-refractivity contribution in [3.05, 3.63) is 81.0 Å². The third-order valence-corrected chi connectivity index (χ3v) is 5.39. The molecule has 0 saturated heterocycles. The van der Waals surface area contributed by atoms with Crippen LogP contribution in [-0.4, -0.2) is 34.4 Å². The summed E-state index contributed by atoms with van der Waals surface area (Å²) in [4.78, 5) is 51.1. The summed E-state index contributed by atoms with van der Waals surface area (Å²) in [6.07, 6.45) is 3.81. The van der Waals surface area contributed by atoms with Crippen molar-refractivity contribution in [2.45, 2.75) is 19.3 Å². The number of carbonyl (C=O) groups excluding carboxylic acids is 3. The summed E-state index contributed by atoms with van der Waals surface area (Å²) in [5.41, 5.74) is 8.56. The van der Waals surface area contributed by atoms with Crippen molar-refractivity contribution in [2.24, 2.45) is 5.73 Å². The standard InChI is InChI=1S/C24H20N4O6/c25-24(31)27-20(29)13-34-23(30)21-17-8-1-2-10-19(17)26-22-15(6-4-9-18(21)22)11-14-5-3-7-16(12-14)28(32)33/h1-3,5,7-8,10-12H,4,6,9,13H2,(H3,25,27,29,31)/b15-11+. The fraction of sp³-hybridized carbons (Fsp3) is 0.167. The van der Waals surface area contributed by atoms with Gasteiger partial charge in [0.05, 0.1) is 21.7 Å². The monoisotopic (exact) mass is 460 g/mol. The Labute approximate surface area is 193 Å². The molecule has 3 N–H and O–H groups in total. The van der Waals surface area contributed by atoms with Crippen molar-refractivity contribution < 1.29 is 24.0 Å². The number of hydrogen-bond donors (Lipinski definition) is 2. The van der Waals surface area contributed by atoms with Gasteiger partial charge in [0, 0.05) is 17.5 Å². The summed E-state index contributed by atoms with van der Waals surface area (Å²) in [5.74, 6) is -1.55. The maximum absolute atomic E-state index is 13.1. The molecule has 3 amide bonds. The van der Waals surface area contributed by atoms with Gasteiger partial charge >= 0.3 is 12.0 Å². The van der Waals surface area contributed by atoms with Crippen LogP contribution in [0.3, 0.4) is 0 Å². The lowest BCUT2D eigenvalue weighted by Gasteiger charge is -2.22. The first-order valence-electron chi connectivity index (χ1n) is 10.5. The third-order valence-electron chi connectivity index (χ3n) is 5.39. The van der Waals surface area contributed by atoms with E-state index in [0.717, 1.165) is 12.0 Å². The van der Waals surface area contributed by atoms with Crippen LogP contribution in [0.15, 0.2) is 48.5 Å². The number of hydrogen-bond acceptors (Lipinski definition) is 7. The van der Waals surface area contributed by atoms with E-state index >= 15 is 0 Å². The molecule has 0 bridgehead atoms. The van der Waals surface area contributed by atoms with E-state index < -0.39 is 29.4 Å². The molecule has 1 aliphatic rings. The molecule has 34 heavy (non-hydrogen) atoms. The number of nitro benzene ring substituents is 1. The summed E-state index contributed by atoms with van der Waals surface area (Å²) in [7, 11) is 0. The van der Waals surface area contributed by atoms with Crippen LogP contribution in [0.5, 0.6) is 0 Å². The van der Waals surface area contributed by atoms with Gasteiger partial charge in [0.1, 0.15) is 0 Å². The average molecular weight is 460 g/mol. The highest BCUT2D eigenvalue weighted by Crippen LogP contribution is 2.36. The van der Waals surface area contributed by atoms with Crippen LogP contribution in [0.2, 0.25) is 0 Å². The minimum absolute atomic E-state index is 0.0182. The molecule has 10 nitrogen and oxygen atoms in total. The molecule has 0 unspecified atom stereocenters. The number of carbonyl (C=O) groups is 3. The molecule has 3 aromatic rings. The number of pyridine rings is 1. The molecule has 0 spiro atoms. The Morgan fingerprint density at radius 2 is 1.94 bits per heavy atom. The smallest absolute Gasteiger partial charge is 0.339 e. The molecule has 4 rings (SSSR count). The predicted molar refractivity (Wildman–Crippen MR) is 124 cm³/mol. The zero-order valence-corrected chi connectivity index (χ0v) is 17.9. The van der Waals surface area contributed by atoms with E-state index in [-0.39, 0.29) is 5.69 Å². The lowest BCUT2D eigenvalue weighted by atomic mass is 9.86. The first-order chi connectivity index (χ1) is 16.3. The molecular formula is C24H20N4O6. The number of non-ortho nitro benzene ring substituents is 1. The maximum atomic E-state index is 13.1. The molecule has 0 aliphatic heterocycles. The average Bonchev–Trinajstić information content (AvgIpc) is 2.81. The summed E-state index contributed by atoms with van der Waals surface area (Å²) in [6.45, 7) is -0.663. The second-order valence-electron chi connectivity index (χ2n) is 7.69. The first-order valence-corrected chi connectivity index (χ1v) is 10.5. The minimum atomic E-state index is -1.04. The molecule has 0 fully saturated rings. The van der Waals surface area contributed by atoms with E-state index in [9.17, 15) is 24.5 Å². The minimum Gasteiger partial charge on any atom is -0.452 e. The second-order valence-corrected chi connectivity index (χ2v) is 7.69. The number of fused-ring (bicyclic) bond motifs is 2. The third kappa shape index (κ3) is 4.75. The number of benzene rings is 2. The van der Waals surface area contributed by atoms with Crippen LogP contribution in [0.1, 0.15) is 40.0 Å². The van der Waals surface area contributed by atoms with Crippen LogP contribution in [0.25, 0.3) is 22.6 Å². The zero-order valence-electron chi connectivity index (χ0n) is 17.9. The number of esters is 1. The Morgan fingerprint density at radius 3 is 2.71 bits per heavy atom. The Kier molecular flexibility index (Phi) is 6.30. The number of rotatable bonds is 5. The van der Waals surface area contributed by atoms with Gasteiger partial charge in [-0.15, -0.1) is 0 Å². The van der Waals surface area contributed by atoms with Crippen LogP contribution in [-0.2, 0) is 16.0 Å². The molecule has 0 radical (unpaired) electrons. The van der Waals surface area contributed by atoms with Crippen molar-refractivity contribution in [3.8, 4) is 0 Å². The van der Waals surface area contributed by atoms with Crippen molar-refractivity contribution in [2.75, 3.05) is 6.61 Å². The van der Waals surface area contributed by atoms with Gasteiger partial charge in [-0.3, -0.25) is 20.2 Å². The van der Waals surface area contributed by atoms with Crippen molar-refractivity contribution in [1.29, 1.82) is 0 Å². The van der Waals surface area contributed by atoms with E-state index in [0.29, 0.717) is 46.1 Å². The number of nitrogens with one attached hydrogen (secondary N) is 1. The topological polar surface area (TPSA) is 155 Å². The number of nitro groups is 1. The molecular weight excluding hydrogens is 440 g/mol. The maximum Gasteiger partial charge on any atom is 0.339 e. The number of nitrogens with two attached hydrogens (primary N) is 1. The van der Waals surface area contributed by atoms with Gasteiger partial charge in [-0.2, -0.15) is 0 Å². The Balaban J connectivity index is 1.77. The largest absolute Gasteiger partial charge is 0.452 e. The van der Waals surface area contributed by atoms with Gasteiger partial charge in [0.25, 0.3) is 11.6 Å². The first kappa shape index (κ1) is 22.6. The van der Waals surface area contributed by atoms with Gasteiger partial charge in [-0.1, -0.05) is 30.3 Å². The van der Waals surface area contributed by atoms with E-state index in [1.165, 1.54) is 12.1 Å². The molecule has 1 heterocycles. The van der Waals surface area contributed by atoms with Crippen molar-refractivity contribution in [1.82, 2.24) is 10.3 Å². The second kappa shape index (κ2) is 9.49. The fourth-order valence-electron chi connectivity index (χ4n) is 4.01. The van der Waals surface area contributed by atoms with E-state index in [1.54, 1.807) is 36.4 Å². The molecule has 10 heteroatoms. The van der Waals surface area contributed by atoms with E-state index in [2.05, 4.69) is 0 Å². The number of ether oxygens (including phenoxy) is 1. The SMILES string of the molecule is NC(=O)NC(=O)COC(=O)c1c2c(nc3ccccc13)/C(=C/c1cccc([N+](=O)[O-])c1)CCC2. The van der Waals surface area contributed by atoms with Gasteiger partial charge < -0.3 is 10.5 Å². The Hall–Kier alpha value is -4.60. The molecule has 2 aromatic carbocycles. The number of urea groups is 1. The summed E-state index contributed by atoms with van der Waals surface area (Å²) < 4.78 is 5.18. The van der Waals surface area contributed by atoms with Gasteiger partial charge in [-0.25, -0.2) is 14.6 Å². The number of imide groups is 1. The number of para-hydroxylation sites is 1. The Bertz CT molecular complexity index is 1360. The van der Waals surface area contributed by atoms with Gasteiger partial charge in [0.2, 0.25) is 0 Å². The van der Waals surface area contributed by atoms with Gasteiger partial charge in [0.15, 0.2) is 6.61 Å². The summed E-state index contributed by atoms with van der Waals surface area (Å²) in [6, 6.07) is 12.3. The van der Waals surface area contributed by atoms with Crippen LogP contribution in [0, 0.1) is 10.1 Å². The summed E-state index contributed by atoms with van der Waals surface area (Å²) in [5, 5.41) is 13.6. The molecule has 0 saturated carbocycles. The predicted octanol–water partition coefficient (Wildman–Crippen LogP) is 3.37. The zero-order chi connectivity index (χ0) is 24.2. The van der Waals surface area contributed by atoms with Crippen LogP contribution >= 0.6 is 0 Å². The lowest BCUT2D eigenvalue weighted by Crippen LogP contribution is -2.37. The van der Waals surface area contributed by atoms with Crippen molar-refractivity contribution in [3.63, 3.8) is 0 Å². The normalized spacial score (nSPS) is 13.8. The van der Waals surface area contributed by atoms with E-state index in [4.69, 9.17) is 15.5 Å². The summed E-state index contributed by atoms with van der Waals surface area (Å²) >= 11 is 0. The van der Waals surface area contributed by atoms with E-state index in [1.807, 2.05) is 11.4 Å². The number of allylic oxidation sites excluding steroid dienone is 1. The van der Waals surface area contributed by atoms with Crippen LogP contribution < -0.4 is 11.1 Å². The van der Waals surface area contributed by atoms with Gasteiger partial charge in [-0.05, 0) is 48.1 Å². The number of primary amides is 1. The van der Waals surface area contributed by atoms with Crippen molar-refractivity contribution >= 4 is 46.1 Å². The highest BCUT2D eigenvalue weighted by atomic mass is 16.6. The highest BCUT2D eigenvalue weighted by molar-refractivity contribution is 6.07. The fourth-order valence-corrected chi connectivity index (χ4v) is 4.01. The molecule has 1 aliphatic carbocycles. The number of nitrogens with zero attached hydrogens (tertiary/aromatic N) is 2. The Morgan fingerprint density at radius 1 is 1.15 bits per heavy atom. The molecule has 172 valence electrons. The molecule has 1 aromatic heterocycles. The molecule has 0 atom stereocenters. The lowest BCUT2D eigenvalue weighted by molar-refractivity contribution is -0.384. The quantitative estimate of drug-likeness (QED) is 0.336. The van der Waals surface area contributed by atoms with Crippen LogP contribution in [0.4, 0.5) is 10.5 Å². The number of aromatic nitrogens is 1.